The standard InChI is InChI=1S/C52H103NO4/c1-3-5-7-9-11-13-15-17-19-21-23-25-26-28-30-32-34-36-38-40-42-44-46-51(56)50(48-54)53-52(57)47-49(55)45-43-41-39-37-35-33-31-29-27-24-22-20-18-16-14-12-10-8-6-4-2/h29,31,49-51,54-56H,3-28,30,32-48H2,1-2H3,(H,53,57)/b31-29-. The molecule has 4 N–H and O–H groups in total. The van der Waals surface area contributed by atoms with Crippen molar-refractivity contribution in [2.45, 2.75) is 308 Å². The normalized spacial score (nSPS) is 13.4. The van der Waals surface area contributed by atoms with Gasteiger partial charge in [0.25, 0.3) is 0 Å². The Morgan fingerprint density at radius 1 is 0.421 bits per heavy atom. The Kier molecular flexibility index (Phi) is 47.0. The smallest absolute Gasteiger partial charge is 0.222 e. The highest BCUT2D eigenvalue weighted by Crippen LogP contribution is 2.17. The number of aliphatic hydroxyl groups excluding tert-OH is 3. The van der Waals surface area contributed by atoms with E-state index in [1.54, 1.807) is 0 Å². The molecule has 57 heavy (non-hydrogen) atoms. The summed E-state index contributed by atoms with van der Waals surface area (Å²) < 4.78 is 0. The third kappa shape index (κ3) is 44.5. The zero-order chi connectivity index (χ0) is 41.5. The Balaban J connectivity index is 3.55. The van der Waals surface area contributed by atoms with Gasteiger partial charge in [-0.3, -0.25) is 4.79 Å². The van der Waals surface area contributed by atoms with Gasteiger partial charge in [-0.15, -0.1) is 0 Å². The second-order valence-electron chi connectivity index (χ2n) is 18.1. The highest BCUT2D eigenvalue weighted by atomic mass is 16.3. The van der Waals surface area contributed by atoms with Gasteiger partial charge in [-0.1, -0.05) is 257 Å². The van der Waals surface area contributed by atoms with E-state index in [1.165, 1.54) is 231 Å². The van der Waals surface area contributed by atoms with Gasteiger partial charge in [0.05, 0.1) is 31.3 Å². The van der Waals surface area contributed by atoms with Crippen LogP contribution in [0.3, 0.4) is 0 Å². The van der Waals surface area contributed by atoms with E-state index in [2.05, 4.69) is 31.3 Å². The molecule has 0 fully saturated rings. The predicted octanol–water partition coefficient (Wildman–Crippen LogP) is 15.6. The van der Waals surface area contributed by atoms with E-state index < -0.39 is 18.2 Å². The highest BCUT2D eigenvalue weighted by molar-refractivity contribution is 5.76. The average Bonchev–Trinajstić information content (AvgIpc) is 3.20. The molecule has 0 radical (unpaired) electrons. The minimum Gasteiger partial charge on any atom is -0.394 e. The first-order chi connectivity index (χ1) is 28.0. The van der Waals surface area contributed by atoms with Crippen LogP contribution < -0.4 is 5.32 Å². The van der Waals surface area contributed by atoms with Gasteiger partial charge in [-0.05, 0) is 38.5 Å². The first kappa shape index (κ1) is 56.1. The predicted molar refractivity (Wildman–Crippen MR) is 250 cm³/mol. The van der Waals surface area contributed by atoms with E-state index in [-0.39, 0.29) is 18.9 Å². The fraction of sp³-hybridized carbons (Fsp3) is 0.942. The maximum absolute atomic E-state index is 12.5. The van der Waals surface area contributed by atoms with Crippen LogP contribution in [0.5, 0.6) is 0 Å². The minimum atomic E-state index is -0.749. The summed E-state index contributed by atoms with van der Waals surface area (Å²) in [5.74, 6) is -0.283. The molecule has 0 rings (SSSR count). The van der Waals surface area contributed by atoms with Crippen LogP contribution in [0.4, 0.5) is 0 Å². The van der Waals surface area contributed by atoms with E-state index in [0.717, 1.165) is 25.7 Å². The van der Waals surface area contributed by atoms with Gasteiger partial charge in [0.1, 0.15) is 0 Å². The number of nitrogens with one attached hydrogen (secondary N) is 1. The van der Waals surface area contributed by atoms with Crippen molar-refractivity contribution < 1.29 is 20.1 Å². The Morgan fingerprint density at radius 3 is 1.02 bits per heavy atom. The maximum Gasteiger partial charge on any atom is 0.222 e. The van der Waals surface area contributed by atoms with Gasteiger partial charge in [0, 0.05) is 0 Å². The van der Waals surface area contributed by atoms with Crippen molar-refractivity contribution in [3.8, 4) is 0 Å². The zero-order valence-corrected chi connectivity index (χ0v) is 38.7. The number of unbranched alkanes of at least 4 members (excludes halogenated alkanes) is 37. The van der Waals surface area contributed by atoms with E-state index in [1.807, 2.05) is 0 Å². The van der Waals surface area contributed by atoms with E-state index >= 15 is 0 Å². The SMILES string of the molecule is CCCCCCCCCCCCC/C=C\CCCCCCCC(O)CC(=O)NC(CO)C(O)CCCCCCCCCCCCCCCCCCCCCCCC. The number of allylic oxidation sites excluding steroid dienone is 2. The highest BCUT2D eigenvalue weighted by Gasteiger charge is 2.21. The molecular weight excluding hydrogens is 703 g/mol. The van der Waals surface area contributed by atoms with Gasteiger partial charge >= 0.3 is 0 Å². The fourth-order valence-corrected chi connectivity index (χ4v) is 8.34. The van der Waals surface area contributed by atoms with Crippen molar-refractivity contribution >= 4 is 5.91 Å². The molecule has 5 heteroatoms. The Hall–Kier alpha value is -0.910. The summed E-state index contributed by atoms with van der Waals surface area (Å²) in [5.41, 5.74) is 0. The second-order valence-corrected chi connectivity index (χ2v) is 18.1. The summed E-state index contributed by atoms with van der Waals surface area (Å²) in [6.45, 7) is 4.29. The number of rotatable bonds is 48. The van der Waals surface area contributed by atoms with Crippen molar-refractivity contribution in [2.24, 2.45) is 0 Å². The average molecular weight is 806 g/mol. The van der Waals surface area contributed by atoms with Crippen molar-refractivity contribution in [1.29, 1.82) is 0 Å². The quantitative estimate of drug-likeness (QED) is 0.0364. The molecular formula is C52H103NO4. The number of carbonyl (C=O) groups excluding carboxylic acids is 1. The molecule has 0 aliphatic heterocycles. The molecule has 1 amide bonds. The van der Waals surface area contributed by atoms with E-state index in [9.17, 15) is 20.1 Å². The molecule has 5 nitrogen and oxygen atoms in total. The summed E-state index contributed by atoms with van der Waals surface area (Å²) in [7, 11) is 0. The number of hydrogen-bond donors (Lipinski definition) is 4. The zero-order valence-electron chi connectivity index (χ0n) is 38.7. The summed E-state index contributed by atoms with van der Waals surface area (Å²) in [5, 5.41) is 33.6. The van der Waals surface area contributed by atoms with E-state index in [0.29, 0.717) is 12.8 Å². The van der Waals surface area contributed by atoms with Crippen molar-refractivity contribution in [3.63, 3.8) is 0 Å². The molecule has 0 aliphatic rings. The molecule has 3 atom stereocenters. The van der Waals surface area contributed by atoms with Crippen molar-refractivity contribution in [3.05, 3.63) is 12.2 Å². The van der Waals surface area contributed by atoms with Gasteiger partial charge in [0.15, 0.2) is 0 Å². The maximum atomic E-state index is 12.5. The molecule has 340 valence electrons. The van der Waals surface area contributed by atoms with Crippen LogP contribution in [-0.4, -0.2) is 46.1 Å². The van der Waals surface area contributed by atoms with E-state index in [4.69, 9.17) is 0 Å². The molecule has 0 aromatic carbocycles. The number of amides is 1. The van der Waals surface area contributed by atoms with Crippen LogP contribution in [0.25, 0.3) is 0 Å². The first-order valence-corrected chi connectivity index (χ1v) is 26.0. The van der Waals surface area contributed by atoms with Crippen LogP contribution in [0, 0.1) is 0 Å². The van der Waals surface area contributed by atoms with Gasteiger partial charge in [-0.25, -0.2) is 0 Å². The monoisotopic (exact) mass is 806 g/mol. The number of aliphatic hydroxyl groups is 3. The van der Waals surface area contributed by atoms with Crippen molar-refractivity contribution in [2.75, 3.05) is 6.61 Å². The molecule has 0 heterocycles. The Morgan fingerprint density at radius 2 is 0.702 bits per heavy atom. The number of hydrogen-bond acceptors (Lipinski definition) is 4. The number of carbonyl (C=O) groups is 1. The summed E-state index contributed by atoms with van der Waals surface area (Å²) in [4.78, 5) is 12.5. The Bertz CT molecular complexity index is 803. The van der Waals surface area contributed by atoms with Crippen LogP contribution >= 0.6 is 0 Å². The van der Waals surface area contributed by atoms with Crippen LogP contribution in [0.2, 0.25) is 0 Å². The fourth-order valence-electron chi connectivity index (χ4n) is 8.34. The largest absolute Gasteiger partial charge is 0.394 e. The molecule has 0 spiro atoms. The van der Waals surface area contributed by atoms with Gasteiger partial charge < -0.3 is 20.6 Å². The van der Waals surface area contributed by atoms with Gasteiger partial charge in [-0.2, -0.15) is 0 Å². The molecule has 0 saturated carbocycles. The lowest BCUT2D eigenvalue weighted by Crippen LogP contribution is -2.46. The molecule has 0 saturated heterocycles. The van der Waals surface area contributed by atoms with Crippen LogP contribution in [0.1, 0.15) is 290 Å². The summed E-state index contributed by atoms with van der Waals surface area (Å²) in [6.07, 6.45) is 57.7. The molecule has 0 aromatic rings. The molecule has 3 unspecified atom stereocenters. The van der Waals surface area contributed by atoms with Crippen LogP contribution in [0.15, 0.2) is 12.2 Å². The lowest BCUT2D eigenvalue weighted by Gasteiger charge is -2.23. The second kappa shape index (κ2) is 47.8. The third-order valence-electron chi connectivity index (χ3n) is 12.3. The first-order valence-electron chi connectivity index (χ1n) is 26.0. The Labute approximate surface area is 357 Å². The van der Waals surface area contributed by atoms with Crippen molar-refractivity contribution in [1.82, 2.24) is 5.32 Å². The third-order valence-corrected chi connectivity index (χ3v) is 12.3. The molecule has 0 aromatic heterocycles. The van der Waals surface area contributed by atoms with Crippen LogP contribution in [-0.2, 0) is 4.79 Å². The van der Waals surface area contributed by atoms with Gasteiger partial charge in [0.2, 0.25) is 5.91 Å². The lowest BCUT2D eigenvalue weighted by atomic mass is 10.0. The molecule has 0 aliphatic carbocycles. The summed E-state index contributed by atoms with van der Waals surface area (Å²) >= 11 is 0. The summed E-state index contributed by atoms with van der Waals surface area (Å²) in [6, 6.07) is -0.659. The molecule has 0 bridgehead atoms. The lowest BCUT2D eigenvalue weighted by molar-refractivity contribution is -0.125. The minimum absolute atomic E-state index is 0.0343. The topological polar surface area (TPSA) is 89.8 Å².